The van der Waals surface area contributed by atoms with Crippen molar-refractivity contribution in [3.63, 3.8) is 0 Å². The van der Waals surface area contributed by atoms with Gasteiger partial charge in [0.25, 0.3) is 0 Å². The van der Waals surface area contributed by atoms with Gasteiger partial charge in [-0.1, -0.05) is 19.3 Å². The van der Waals surface area contributed by atoms with Crippen molar-refractivity contribution in [1.29, 1.82) is 0 Å². The molecule has 4 heteroatoms. The van der Waals surface area contributed by atoms with Gasteiger partial charge in [-0.05, 0) is 19.3 Å². The third-order valence-electron chi connectivity index (χ3n) is 3.00. The van der Waals surface area contributed by atoms with Crippen molar-refractivity contribution in [2.45, 2.75) is 51.4 Å². The molecule has 4 nitrogen and oxygen atoms in total. The van der Waals surface area contributed by atoms with Crippen LogP contribution in [0.2, 0.25) is 0 Å². The highest BCUT2D eigenvalue weighted by molar-refractivity contribution is 5.81. The first-order valence-corrected chi connectivity index (χ1v) is 5.66. The second-order valence-electron chi connectivity index (χ2n) is 4.14. The summed E-state index contributed by atoms with van der Waals surface area (Å²) in [5.41, 5.74) is 0. The van der Waals surface area contributed by atoms with Gasteiger partial charge < -0.3 is 4.84 Å². The van der Waals surface area contributed by atoms with Crippen LogP contribution in [0.3, 0.4) is 0 Å². The molecular formula is C11H19NO3. The quantitative estimate of drug-likeness (QED) is 0.706. The molecular weight excluding hydrogens is 194 g/mol. The first-order valence-electron chi connectivity index (χ1n) is 5.66. The van der Waals surface area contributed by atoms with Crippen molar-refractivity contribution < 1.29 is 14.4 Å². The van der Waals surface area contributed by atoms with Crippen LogP contribution in [-0.4, -0.2) is 11.8 Å². The van der Waals surface area contributed by atoms with Gasteiger partial charge in [-0.15, -0.1) is 0 Å². The predicted molar refractivity (Wildman–Crippen MR) is 55.7 cm³/mol. The smallest absolute Gasteiger partial charge is 0.324 e. The van der Waals surface area contributed by atoms with E-state index in [1.165, 1.54) is 19.3 Å². The van der Waals surface area contributed by atoms with Crippen LogP contribution in [0, 0.1) is 5.92 Å². The average Bonchev–Trinajstić information content (AvgIpc) is 2.29. The Balaban J connectivity index is 2.14. The van der Waals surface area contributed by atoms with Crippen LogP contribution >= 0.6 is 0 Å². The maximum absolute atomic E-state index is 11.7. The van der Waals surface area contributed by atoms with E-state index in [0.717, 1.165) is 12.8 Å². The normalized spacial score (nSPS) is 17.4. The fraction of sp³-hybridized carbons (Fsp3) is 0.818. The topological polar surface area (TPSA) is 69.4 Å². The molecule has 1 aliphatic rings. The van der Waals surface area contributed by atoms with E-state index in [4.69, 9.17) is 5.90 Å². The number of Topliss-reactive ketones (excluding diaryl/α,β-unsaturated/α-hetero) is 1. The summed E-state index contributed by atoms with van der Waals surface area (Å²) in [6.07, 6.45) is 6.94. The van der Waals surface area contributed by atoms with E-state index in [1.54, 1.807) is 0 Å². The van der Waals surface area contributed by atoms with E-state index in [2.05, 4.69) is 4.84 Å². The number of hydrogen-bond donors (Lipinski definition) is 1. The van der Waals surface area contributed by atoms with E-state index in [9.17, 15) is 9.59 Å². The summed E-state index contributed by atoms with van der Waals surface area (Å²) in [5.74, 6) is 4.81. The molecule has 0 atom stereocenters. The zero-order valence-corrected chi connectivity index (χ0v) is 9.04. The first-order chi connectivity index (χ1) is 7.24. The van der Waals surface area contributed by atoms with Crippen LogP contribution in [0.25, 0.3) is 0 Å². The molecule has 15 heavy (non-hydrogen) atoms. The summed E-state index contributed by atoms with van der Waals surface area (Å²) in [6, 6.07) is 0. The molecule has 0 saturated heterocycles. The molecule has 2 N–H and O–H groups in total. The Morgan fingerprint density at radius 1 is 1.13 bits per heavy atom. The molecule has 0 aliphatic heterocycles. The van der Waals surface area contributed by atoms with Gasteiger partial charge in [0, 0.05) is 18.8 Å². The first kappa shape index (κ1) is 12.2. The summed E-state index contributed by atoms with van der Waals surface area (Å²) in [4.78, 5) is 26.4. The number of rotatable bonds is 5. The lowest BCUT2D eigenvalue weighted by molar-refractivity contribution is -0.144. The Morgan fingerprint density at radius 2 is 1.80 bits per heavy atom. The highest BCUT2D eigenvalue weighted by atomic mass is 16.7. The zero-order valence-electron chi connectivity index (χ0n) is 9.04. The molecule has 0 bridgehead atoms. The highest BCUT2D eigenvalue weighted by Gasteiger charge is 2.20. The molecule has 1 fully saturated rings. The van der Waals surface area contributed by atoms with Gasteiger partial charge in [-0.25, -0.2) is 0 Å². The molecule has 0 aromatic heterocycles. The maximum atomic E-state index is 11.7. The van der Waals surface area contributed by atoms with Crippen molar-refractivity contribution in [3.05, 3.63) is 0 Å². The number of nitrogens with two attached hydrogens (primary N) is 1. The molecule has 0 heterocycles. The summed E-state index contributed by atoms with van der Waals surface area (Å²) >= 11 is 0. The molecule has 1 aliphatic carbocycles. The second-order valence-corrected chi connectivity index (χ2v) is 4.14. The molecule has 0 radical (unpaired) electrons. The van der Waals surface area contributed by atoms with Crippen molar-refractivity contribution in [2.24, 2.45) is 11.8 Å². The van der Waals surface area contributed by atoms with Gasteiger partial charge in [0.05, 0.1) is 0 Å². The van der Waals surface area contributed by atoms with Crippen LogP contribution < -0.4 is 5.90 Å². The maximum Gasteiger partial charge on any atom is 0.324 e. The minimum atomic E-state index is -0.438. The zero-order chi connectivity index (χ0) is 11.1. The fourth-order valence-electron chi connectivity index (χ4n) is 2.09. The molecule has 0 aromatic rings. The third kappa shape index (κ3) is 4.42. The average molecular weight is 213 g/mol. The lowest BCUT2D eigenvalue weighted by Crippen LogP contribution is -2.18. The van der Waals surface area contributed by atoms with Crippen LogP contribution in [-0.2, 0) is 14.4 Å². The summed E-state index contributed by atoms with van der Waals surface area (Å²) in [5, 5.41) is 0. The molecule has 1 rings (SSSR count). The Kier molecular flexibility index (Phi) is 5.32. The van der Waals surface area contributed by atoms with Gasteiger partial charge in [0.1, 0.15) is 5.78 Å². The number of carbonyl (C=O) groups is 2. The number of ketones is 1. The fourth-order valence-corrected chi connectivity index (χ4v) is 2.09. The summed E-state index contributed by atoms with van der Waals surface area (Å²) < 4.78 is 0. The third-order valence-corrected chi connectivity index (χ3v) is 3.00. The van der Waals surface area contributed by atoms with Crippen LogP contribution in [0.1, 0.15) is 51.4 Å². The molecule has 0 unspecified atom stereocenters. The molecule has 1 saturated carbocycles. The minimum Gasteiger partial charge on any atom is -0.373 e. The summed E-state index contributed by atoms with van der Waals surface area (Å²) in [6.45, 7) is 0. The Labute approximate surface area is 90.1 Å². The summed E-state index contributed by atoms with van der Waals surface area (Å²) in [7, 11) is 0. The molecule has 0 aromatic carbocycles. The standard InChI is InChI=1S/C11H19NO3/c12-15-11(14)8-4-7-10(13)9-5-2-1-3-6-9/h9H,1-8,12H2. The van der Waals surface area contributed by atoms with Crippen molar-refractivity contribution in [3.8, 4) is 0 Å². The molecule has 0 amide bonds. The SMILES string of the molecule is NOC(=O)CCCC(=O)C1CCCCC1. The van der Waals surface area contributed by atoms with Gasteiger partial charge in [-0.3, -0.25) is 9.59 Å². The van der Waals surface area contributed by atoms with E-state index < -0.39 is 5.97 Å². The van der Waals surface area contributed by atoms with Crippen molar-refractivity contribution >= 4 is 11.8 Å². The van der Waals surface area contributed by atoms with E-state index >= 15 is 0 Å². The van der Waals surface area contributed by atoms with Crippen LogP contribution in [0.15, 0.2) is 0 Å². The lowest BCUT2D eigenvalue weighted by atomic mass is 9.85. The Morgan fingerprint density at radius 3 is 2.40 bits per heavy atom. The van der Waals surface area contributed by atoms with Gasteiger partial charge in [0.2, 0.25) is 0 Å². The largest absolute Gasteiger partial charge is 0.373 e. The van der Waals surface area contributed by atoms with Gasteiger partial charge >= 0.3 is 5.97 Å². The van der Waals surface area contributed by atoms with E-state index in [-0.39, 0.29) is 12.3 Å². The number of carbonyl (C=O) groups excluding carboxylic acids is 2. The monoisotopic (exact) mass is 213 g/mol. The van der Waals surface area contributed by atoms with Crippen molar-refractivity contribution in [1.82, 2.24) is 0 Å². The predicted octanol–water partition coefficient (Wildman–Crippen LogP) is 1.72. The second kappa shape index (κ2) is 6.56. The highest BCUT2D eigenvalue weighted by Crippen LogP contribution is 2.25. The van der Waals surface area contributed by atoms with Crippen molar-refractivity contribution in [2.75, 3.05) is 0 Å². The minimum absolute atomic E-state index is 0.243. The number of hydrogen-bond acceptors (Lipinski definition) is 4. The lowest BCUT2D eigenvalue weighted by Gasteiger charge is -2.19. The van der Waals surface area contributed by atoms with E-state index in [0.29, 0.717) is 18.6 Å². The van der Waals surface area contributed by atoms with Gasteiger partial charge in [-0.2, -0.15) is 5.90 Å². The molecule has 0 spiro atoms. The molecule has 86 valence electrons. The van der Waals surface area contributed by atoms with Gasteiger partial charge in [0.15, 0.2) is 0 Å². The van der Waals surface area contributed by atoms with Crippen LogP contribution in [0.5, 0.6) is 0 Å². The Bertz CT molecular complexity index is 222. The van der Waals surface area contributed by atoms with Crippen LogP contribution in [0.4, 0.5) is 0 Å². The Hall–Kier alpha value is -0.900. The van der Waals surface area contributed by atoms with E-state index in [1.807, 2.05) is 0 Å².